The van der Waals surface area contributed by atoms with Crippen LogP contribution < -0.4 is 10.6 Å². The van der Waals surface area contributed by atoms with Gasteiger partial charge in [-0.1, -0.05) is 6.92 Å². The molecule has 0 fully saturated rings. The lowest BCUT2D eigenvalue weighted by molar-refractivity contribution is -0.132. The summed E-state index contributed by atoms with van der Waals surface area (Å²) >= 11 is 0. The normalized spacial score (nSPS) is 13.0. The van der Waals surface area contributed by atoms with Crippen LogP contribution in [-0.2, 0) is 9.59 Å². The maximum absolute atomic E-state index is 11.8. The third-order valence-electron chi connectivity index (χ3n) is 2.66. The SMILES string of the molecule is CNC(=O)C(C)CN(C)C(=O)CCNC(C)(C)C. The molecule has 2 amide bonds. The molecule has 0 aromatic heterocycles. The van der Waals surface area contributed by atoms with E-state index in [1.54, 1.807) is 19.0 Å². The summed E-state index contributed by atoms with van der Waals surface area (Å²) in [7, 11) is 3.34. The van der Waals surface area contributed by atoms with E-state index in [2.05, 4.69) is 31.4 Å². The molecule has 0 aromatic rings. The molecule has 0 heterocycles. The summed E-state index contributed by atoms with van der Waals surface area (Å²) in [5.74, 6) is -0.163. The van der Waals surface area contributed by atoms with Crippen molar-refractivity contribution in [2.75, 3.05) is 27.2 Å². The van der Waals surface area contributed by atoms with Gasteiger partial charge in [0.15, 0.2) is 0 Å². The Kier molecular flexibility index (Phi) is 6.91. The van der Waals surface area contributed by atoms with Crippen LogP contribution in [0.1, 0.15) is 34.1 Å². The summed E-state index contributed by atoms with van der Waals surface area (Å²) in [5, 5.41) is 5.85. The Morgan fingerprint density at radius 2 is 1.83 bits per heavy atom. The number of rotatable bonds is 6. The second-order valence-corrected chi connectivity index (χ2v) is 5.72. The molecule has 18 heavy (non-hydrogen) atoms. The van der Waals surface area contributed by atoms with Crippen molar-refractivity contribution in [3.8, 4) is 0 Å². The molecular weight excluding hydrogens is 230 g/mol. The first-order valence-corrected chi connectivity index (χ1v) is 6.38. The molecule has 5 nitrogen and oxygen atoms in total. The second kappa shape index (κ2) is 7.36. The van der Waals surface area contributed by atoms with Crippen LogP contribution in [0.15, 0.2) is 0 Å². The first-order chi connectivity index (χ1) is 8.17. The fraction of sp³-hybridized carbons (Fsp3) is 0.846. The van der Waals surface area contributed by atoms with Gasteiger partial charge in [-0.2, -0.15) is 0 Å². The molecule has 0 radical (unpaired) electrons. The first kappa shape index (κ1) is 16.9. The zero-order chi connectivity index (χ0) is 14.3. The fourth-order valence-corrected chi connectivity index (χ4v) is 1.58. The van der Waals surface area contributed by atoms with E-state index in [1.807, 2.05) is 6.92 Å². The van der Waals surface area contributed by atoms with Crippen molar-refractivity contribution >= 4 is 11.8 Å². The Balaban J connectivity index is 4.00. The molecule has 0 aliphatic heterocycles. The van der Waals surface area contributed by atoms with E-state index < -0.39 is 0 Å². The number of carbonyl (C=O) groups is 2. The van der Waals surface area contributed by atoms with Crippen molar-refractivity contribution in [2.45, 2.75) is 39.7 Å². The quantitative estimate of drug-likeness (QED) is 0.733. The third-order valence-corrected chi connectivity index (χ3v) is 2.66. The Labute approximate surface area is 110 Å². The summed E-state index contributed by atoms with van der Waals surface area (Å²) in [6.07, 6.45) is 0.453. The van der Waals surface area contributed by atoms with Gasteiger partial charge in [0.2, 0.25) is 11.8 Å². The smallest absolute Gasteiger partial charge is 0.224 e. The van der Waals surface area contributed by atoms with E-state index in [0.29, 0.717) is 19.5 Å². The van der Waals surface area contributed by atoms with Crippen molar-refractivity contribution in [1.29, 1.82) is 0 Å². The molecule has 0 aliphatic rings. The van der Waals surface area contributed by atoms with Gasteiger partial charge < -0.3 is 15.5 Å². The average Bonchev–Trinajstić information content (AvgIpc) is 2.25. The van der Waals surface area contributed by atoms with E-state index in [0.717, 1.165) is 0 Å². The van der Waals surface area contributed by atoms with Gasteiger partial charge in [0.25, 0.3) is 0 Å². The molecule has 5 heteroatoms. The third kappa shape index (κ3) is 7.27. The number of nitrogens with one attached hydrogen (secondary N) is 2. The zero-order valence-corrected chi connectivity index (χ0v) is 12.5. The van der Waals surface area contributed by atoms with Crippen molar-refractivity contribution in [2.24, 2.45) is 5.92 Å². The van der Waals surface area contributed by atoms with Crippen molar-refractivity contribution in [3.05, 3.63) is 0 Å². The zero-order valence-electron chi connectivity index (χ0n) is 12.5. The fourth-order valence-electron chi connectivity index (χ4n) is 1.58. The minimum Gasteiger partial charge on any atom is -0.359 e. The first-order valence-electron chi connectivity index (χ1n) is 6.38. The van der Waals surface area contributed by atoms with Gasteiger partial charge in [0, 0.05) is 39.1 Å². The molecule has 0 spiro atoms. The van der Waals surface area contributed by atoms with Crippen LogP contribution in [-0.4, -0.2) is 49.4 Å². The van der Waals surface area contributed by atoms with Gasteiger partial charge in [-0.3, -0.25) is 9.59 Å². The lowest BCUT2D eigenvalue weighted by Crippen LogP contribution is -2.41. The van der Waals surface area contributed by atoms with E-state index in [-0.39, 0.29) is 23.3 Å². The van der Waals surface area contributed by atoms with Gasteiger partial charge in [-0.05, 0) is 20.8 Å². The summed E-state index contributed by atoms with van der Waals surface area (Å²) in [6, 6.07) is 0. The summed E-state index contributed by atoms with van der Waals surface area (Å²) < 4.78 is 0. The largest absolute Gasteiger partial charge is 0.359 e. The van der Waals surface area contributed by atoms with Gasteiger partial charge in [0.1, 0.15) is 0 Å². The number of amides is 2. The Morgan fingerprint density at radius 3 is 2.28 bits per heavy atom. The molecule has 0 bridgehead atoms. The minimum absolute atomic E-state index is 0.0221. The lowest BCUT2D eigenvalue weighted by Gasteiger charge is -2.23. The molecular formula is C13H27N3O2. The van der Waals surface area contributed by atoms with Crippen LogP contribution in [0.25, 0.3) is 0 Å². The molecule has 1 atom stereocenters. The van der Waals surface area contributed by atoms with Gasteiger partial charge in [-0.15, -0.1) is 0 Å². The lowest BCUT2D eigenvalue weighted by atomic mass is 10.1. The van der Waals surface area contributed by atoms with Crippen LogP contribution in [0.2, 0.25) is 0 Å². The molecule has 106 valence electrons. The number of carbonyl (C=O) groups excluding carboxylic acids is 2. The van der Waals surface area contributed by atoms with E-state index in [9.17, 15) is 9.59 Å². The van der Waals surface area contributed by atoms with Crippen LogP contribution in [0.4, 0.5) is 0 Å². The number of hydrogen-bond acceptors (Lipinski definition) is 3. The van der Waals surface area contributed by atoms with Crippen LogP contribution >= 0.6 is 0 Å². The minimum atomic E-state index is -0.181. The van der Waals surface area contributed by atoms with Crippen molar-refractivity contribution in [3.63, 3.8) is 0 Å². The molecule has 0 aromatic carbocycles. The van der Waals surface area contributed by atoms with Crippen LogP contribution in [0, 0.1) is 5.92 Å². The summed E-state index contributed by atoms with van der Waals surface area (Å²) in [4.78, 5) is 24.8. The topological polar surface area (TPSA) is 61.4 Å². The van der Waals surface area contributed by atoms with Crippen molar-refractivity contribution < 1.29 is 9.59 Å². The highest BCUT2D eigenvalue weighted by Crippen LogP contribution is 2.02. The Bertz CT molecular complexity index is 284. The van der Waals surface area contributed by atoms with E-state index in [4.69, 9.17) is 0 Å². The molecule has 0 saturated carbocycles. The highest BCUT2D eigenvalue weighted by Gasteiger charge is 2.17. The van der Waals surface area contributed by atoms with Crippen LogP contribution in [0.5, 0.6) is 0 Å². The molecule has 0 saturated heterocycles. The van der Waals surface area contributed by atoms with E-state index >= 15 is 0 Å². The summed E-state index contributed by atoms with van der Waals surface area (Å²) in [6.45, 7) is 9.11. The Morgan fingerprint density at radius 1 is 1.28 bits per heavy atom. The van der Waals surface area contributed by atoms with Gasteiger partial charge >= 0.3 is 0 Å². The van der Waals surface area contributed by atoms with Gasteiger partial charge in [0.05, 0.1) is 5.92 Å². The second-order valence-electron chi connectivity index (χ2n) is 5.72. The highest BCUT2D eigenvalue weighted by atomic mass is 16.2. The molecule has 0 aliphatic carbocycles. The Hall–Kier alpha value is -1.10. The predicted octanol–water partition coefficient (Wildman–Crippen LogP) is 0.605. The maximum Gasteiger partial charge on any atom is 0.224 e. The van der Waals surface area contributed by atoms with Crippen LogP contribution in [0.3, 0.4) is 0 Å². The average molecular weight is 257 g/mol. The molecule has 0 rings (SSSR count). The summed E-state index contributed by atoms with van der Waals surface area (Å²) in [5.41, 5.74) is 0.0221. The standard InChI is InChI=1S/C13H27N3O2/c1-10(12(18)14-5)9-16(6)11(17)7-8-15-13(2,3)4/h10,15H,7-9H2,1-6H3,(H,14,18). The predicted molar refractivity (Wildman–Crippen MR) is 73.2 cm³/mol. The van der Waals surface area contributed by atoms with Crippen molar-refractivity contribution in [1.82, 2.24) is 15.5 Å². The highest BCUT2D eigenvalue weighted by molar-refractivity contribution is 5.80. The van der Waals surface area contributed by atoms with E-state index in [1.165, 1.54) is 0 Å². The molecule has 2 N–H and O–H groups in total. The van der Waals surface area contributed by atoms with Gasteiger partial charge in [-0.25, -0.2) is 0 Å². The number of hydrogen-bond donors (Lipinski definition) is 2. The maximum atomic E-state index is 11.8. The monoisotopic (exact) mass is 257 g/mol. The number of nitrogens with zero attached hydrogens (tertiary/aromatic N) is 1. The molecule has 1 unspecified atom stereocenters.